The molecule has 0 aliphatic heterocycles. The lowest BCUT2D eigenvalue weighted by Gasteiger charge is -2.02. The molecule has 0 saturated heterocycles. The Morgan fingerprint density at radius 2 is 2.33 bits per heavy atom. The van der Waals surface area contributed by atoms with E-state index in [1.807, 2.05) is 6.92 Å². The van der Waals surface area contributed by atoms with E-state index >= 15 is 0 Å². The molecule has 0 saturated carbocycles. The molecule has 1 aromatic rings. The molecule has 0 N–H and O–H groups in total. The molecule has 0 aliphatic rings. The molecule has 0 unspecified atom stereocenters. The SMILES string of the molecule is CCCn1nccc1C(=O)CC. The monoisotopic (exact) mass is 166 g/mol. The maximum absolute atomic E-state index is 11.3. The third-order valence-corrected chi connectivity index (χ3v) is 1.76. The Hall–Kier alpha value is -1.12. The van der Waals surface area contributed by atoms with Crippen molar-refractivity contribution in [3.63, 3.8) is 0 Å². The summed E-state index contributed by atoms with van der Waals surface area (Å²) in [5.41, 5.74) is 0.736. The molecule has 66 valence electrons. The zero-order valence-electron chi connectivity index (χ0n) is 7.58. The second-order valence-corrected chi connectivity index (χ2v) is 2.72. The number of ketones is 1. The van der Waals surface area contributed by atoms with Gasteiger partial charge in [0.15, 0.2) is 5.78 Å². The number of carbonyl (C=O) groups excluding carboxylic acids is 1. The lowest BCUT2D eigenvalue weighted by molar-refractivity contribution is 0.0977. The van der Waals surface area contributed by atoms with E-state index in [0.29, 0.717) is 6.42 Å². The van der Waals surface area contributed by atoms with Gasteiger partial charge in [-0.15, -0.1) is 0 Å². The molecule has 12 heavy (non-hydrogen) atoms. The number of hydrogen-bond acceptors (Lipinski definition) is 2. The second kappa shape index (κ2) is 4.04. The Kier molecular flexibility index (Phi) is 3.02. The van der Waals surface area contributed by atoms with Crippen LogP contribution in [0.3, 0.4) is 0 Å². The van der Waals surface area contributed by atoms with Crippen LogP contribution in [-0.4, -0.2) is 15.6 Å². The van der Waals surface area contributed by atoms with Gasteiger partial charge < -0.3 is 0 Å². The van der Waals surface area contributed by atoms with Crippen LogP contribution in [0.1, 0.15) is 37.2 Å². The Balaban J connectivity index is 2.83. The fraction of sp³-hybridized carbons (Fsp3) is 0.556. The van der Waals surface area contributed by atoms with E-state index in [2.05, 4.69) is 12.0 Å². The van der Waals surface area contributed by atoms with Crippen molar-refractivity contribution in [1.82, 2.24) is 9.78 Å². The maximum atomic E-state index is 11.3. The van der Waals surface area contributed by atoms with Crippen LogP contribution < -0.4 is 0 Å². The average molecular weight is 166 g/mol. The van der Waals surface area contributed by atoms with Crippen LogP contribution in [0.15, 0.2) is 12.3 Å². The third kappa shape index (κ3) is 1.72. The highest BCUT2D eigenvalue weighted by atomic mass is 16.1. The van der Waals surface area contributed by atoms with Gasteiger partial charge in [0.05, 0.1) is 0 Å². The molecule has 0 bridgehead atoms. The Bertz CT molecular complexity index is 265. The van der Waals surface area contributed by atoms with Crippen molar-refractivity contribution in [2.45, 2.75) is 33.2 Å². The topological polar surface area (TPSA) is 34.9 Å². The van der Waals surface area contributed by atoms with Gasteiger partial charge in [-0.05, 0) is 12.5 Å². The van der Waals surface area contributed by atoms with E-state index in [-0.39, 0.29) is 5.78 Å². The van der Waals surface area contributed by atoms with Gasteiger partial charge in [-0.2, -0.15) is 5.10 Å². The Labute approximate surface area is 72.4 Å². The summed E-state index contributed by atoms with van der Waals surface area (Å²) in [6, 6.07) is 1.78. The molecule has 1 heterocycles. The normalized spacial score (nSPS) is 10.2. The molecule has 0 amide bonds. The molecule has 0 aliphatic carbocycles. The van der Waals surface area contributed by atoms with Crippen LogP contribution in [0.4, 0.5) is 0 Å². The van der Waals surface area contributed by atoms with E-state index in [0.717, 1.165) is 18.7 Å². The summed E-state index contributed by atoms with van der Waals surface area (Å²) in [4.78, 5) is 11.3. The van der Waals surface area contributed by atoms with Crippen LogP contribution in [-0.2, 0) is 6.54 Å². The van der Waals surface area contributed by atoms with E-state index in [4.69, 9.17) is 0 Å². The maximum Gasteiger partial charge on any atom is 0.180 e. The smallest absolute Gasteiger partial charge is 0.180 e. The van der Waals surface area contributed by atoms with Crippen LogP contribution in [0, 0.1) is 0 Å². The number of rotatable bonds is 4. The van der Waals surface area contributed by atoms with E-state index in [1.54, 1.807) is 16.9 Å². The van der Waals surface area contributed by atoms with Gasteiger partial charge in [0.25, 0.3) is 0 Å². The molecule has 1 rings (SSSR count). The highest BCUT2D eigenvalue weighted by Crippen LogP contribution is 2.03. The van der Waals surface area contributed by atoms with Gasteiger partial charge in [0.2, 0.25) is 0 Å². The number of aromatic nitrogens is 2. The summed E-state index contributed by atoms with van der Waals surface area (Å²) in [6.45, 7) is 4.77. The molecule has 0 aromatic carbocycles. The first-order valence-corrected chi connectivity index (χ1v) is 4.34. The standard InChI is InChI=1S/C9H14N2O/c1-3-7-11-8(5-6-10-11)9(12)4-2/h5-6H,3-4,7H2,1-2H3. The van der Waals surface area contributed by atoms with Gasteiger partial charge in [0, 0.05) is 19.2 Å². The van der Waals surface area contributed by atoms with E-state index in [9.17, 15) is 4.79 Å². The lowest BCUT2D eigenvalue weighted by atomic mass is 10.2. The predicted molar refractivity (Wildman–Crippen MR) is 47.1 cm³/mol. The molecule has 0 radical (unpaired) electrons. The number of aryl methyl sites for hydroxylation is 1. The molecular weight excluding hydrogens is 152 g/mol. The largest absolute Gasteiger partial charge is 0.292 e. The third-order valence-electron chi connectivity index (χ3n) is 1.76. The molecule has 1 aromatic heterocycles. The average Bonchev–Trinajstić information content (AvgIpc) is 2.52. The van der Waals surface area contributed by atoms with Crippen molar-refractivity contribution in [2.75, 3.05) is 0 Å². The van der Waals surface area contributed by atoms with Crippen LogP contribution in [0.2, 0.25) is 0 Å². The zero-order valence-corrected chi connectivity index (χ0v) is 7.58. The van der Waals surface area contributed by atoms with Gasteiger partial charge in [-0.1, -0.05) is 13.8 Å². The minimum Gasteiger partial charge on any atom is -0.292 e. The number of hydrogen-bond donors (Lipinski definition) is 0. The summed E-state index contributed by atoms with van der Waals surface area (Å²) >= 11 is 0. The van der Waals surface area contributed by atoms with Crippen LogP contribution in [0.5, 0.6) is 0 Å². The zero-order chi connectivity index (χ0) is 8.97. The summed E-state index contributed by atoms with van der Waals surface area (Å²) < 4.78 is 1.77. The Morgan fingerprint density at radius 3 is 2.92 bits per heavy atom. The van der Waals surface area contributed by atoms with Crippen LogP contribution >= 0.6 is 0 Å². The van der Waals surface area contributed by atoms with Gasteiger partial charge in [-0.25, -0.2) is 0 Å². The predicted octanol–water partition coefficient (Wildman–Crippen LogP) is 1.89. The van der Waals surface area contributed by atoms with Crippen LogP contribution in [0.25, 0.3) is 0 Å². The highest BCUT2D eigenvalue weighted by Gasteiger charge is 2.08. The minimum absolute atomic E-state index is 0.168. The van der Waals surface area contributed by atoms with Crippen molar-refractivity contribution >= 4 is 5.78 Å². The summed E-state index contributed by atoms with van der Waals surface area (Å²) in [7, 11) is 0. The molecule has 3 nitrogen and oxygen atoms in total. The number of nitrogens with zero attached hydrogens (tertiary/aromatic N) is 2. The second-order valence-electron chi connectivity index (χ2n) is 2.72. The van der Waals surface area contributed by atoms with Gasteiger partial charge >= 0.3 is 0 Å². The minimum atomic E-state index is 0.168. The first-order chi connectivity index (χ1) is 5.79. The van der Waals surface area contributed by atoms with Crippen molar-refractivity contribution in [3.05, 3.63) is 18.0 Å². The van der Waals surface area contributed by atoms with Crippen molar-refractivity contribution in [1.29, 1.82) is 0 Å². The summed E-state index contributed by atoms with van der Waals surface area (Å²) in [5.74, 6) is 0.168. The first kappa shape index (κ1) is 8.97. The molecule has 0 spiro atoms. The lowest BCUT2D eigenvalue weighted by Crippen LogP contribution is -2.09. The van der Waals surface area contributed by atoms with Crippen molar-refractivity contribution in [2.24, 2.45) is 0 Å². The summed E-state index contributed by atoms with van der Waals surface area (Å²) in [5, 5.41) is 4.07. The quantitative estimate of drug-likeness (QED) is 0.640. The van der Waals surface area contributed by atoms with Gasteiger partial charge in [-0.3, -0.25) is 9.48 Å². The van der Waals surface area contributed by atoms with E-state index < -0.39 is 0 Å². The molecular formula is C9H14N2O. The number of Topliss-reactive ketones (excluding diaryl/α,β-unsaturated/α-hetero) is 1. The molecule has 3 heteroatoms. The fourth-order valence-corrected chi connectivity index (χ4v) is 1.14. The Morgan fingerprint density at radius 1 is 1.58 bits per heavy atom. The molecule has 0 fully saturated rings. The van der Waals surface area contributed by atoms with Crippen molar-refractivity contribution < 1.29 is 4.79 Å². The van der Waals surface area contributed by atoms with Gasteiger partial charge in [0.1, 0.15) is 5.69 Å². The first-order valence-electron chi connectivity index (χ1n) is 4.34. The summed E-state index contributed by atoms with van der Waals surface area (Å²) in [6.07, 6.45) is 3.24. The fourth-order valence-electron chi connectivity index (χ4n) is 1.14. The van der Waals surface area contributed by atoms with Crippen molar-refractivity contribution in [3.8, 4) is 0 Å². The highest BCUT2D eigenvalue weighted by molar-refractivity contribution is 5.94. The number of carbonyl (C=O) groups is 1. The van der Waals surface area contributed by atoms with E-state index in [1.165, 1.54) is 0 Å². The molecule has 0 atom stereocenters.